The monoisotopic (exact) mass is 475 g/mol. The molecule has 9 nitrogen and oxygen atoms in total. The highest BCUT2D eigenvalue weighted by Gasteiger charge is 2.23. The van der Waals surface area contributed by atoms with Gasteiger partial charge in [0.05, 0.1) is 23.9 Å². The first-order valence-corrected chi connectivity index (χ1v) is 11.4. The highest BCUT2D eigenvalue weighted by atomic mass is 16.5. The van der Waals surface area contributed by atoms with Crippen molar-refractivity contribution in [3.8, 4) is 39.3 Å². The Bertz CT molecular complexity index is 1690. The molecule has 6 aromatic rings. The molecule has 0 radical (unpaired) electrons. The van der Waals surface area contributed by atoms with Crippen LogP contribution >= 0.6 is 0 Å². The van der Waals surface area contributed by atoms with Gasteiger partial charge in [-0.05, 0) is 28.5 Å². The summed E-state index contributed by atoms with van der Waals surface area (Å²) in [7, 11) is 1.61. The number of ether oxygens (including phenoxy) is 1. The summed E-state index contributed by atoms with van der Waals surface area (Å²) in [6, 6.07) is 27.1. The van der Waals surface area contributed by atoms with E-state index in [-0.39, 0.29) is 12.1 Å². The maximum Gasteiger partial charge on any atom is 0.282 e. The third-order valence-corrected chi connectivity index (χ3v) is 6.04. The van der Waals surface area contributed by atoms with Crippen LogP contribution < -0.4 is 10.3 Å². The van der Waals surface area contributed by atoms with Crippen molar-refractivity contribution in [3.63, 3.8) is 0 Å². The Balaban J connectivity index is 1.67. The number of benzene rings is 3. The van der Waals surface area contributed by atoms with E-state index < -0.39 is 0 Å². The third kappa shape index (κ3) is 3.72. The topological polar surface area (TPSA) is 103 Å². The van der Waals surface area contributed by atoms with Crippen LogP contribution in [0.4, 0.5) is 0 Å². The largest absolute Gasteiger partial charge is 0.497 e. The summed E-state index contributed by atoms with van der Waals surface area (Å²) in [4.78, 5) is 19.0. The Morgan fingerprint density at radius 1 is 0.833 bits per heavy atom. The zero-order chi connectivity index (χ0) is 24.5. The minimum absolute atomic E-state index is 0.229. The summed E-state index contributed by atoms with van der Waals surface area (Å²) >= 11 is 0. The average molecular weight is 476 g/mol. The van der Waals surface area contributed by atoms with Crippen molar-refractivity contribution in [2.75, 3.05) is 7.11 Å². The fraction of sp³-hybridized carbons (Fsp3) is 0.0741. The molecular weight excluding hydrogens is 454 g/mol. The van der Waals surface area contributed by atoms with Crippen LogP contribution in [0.2, 0.25) is 0 Å². The van der Waals surface area contributed by atoms with Crippen molar-refractivity contribution < 1.29 is 4.74 Å². The van der Waals surface area contributed by atoms with Crippen molar-refractivity contribution in [1.82, 2.24) is 34.8 Å². The fourth-order valence-electron chi connectivity index (χ4n) is 4.37. The number of nitrogens with zero attached hydrogens (tertiary/aromatic N) is 6. The Morgan fingerprint density at radius 3 is 2.14 bits per heavy atom. The van der Waals surface area contributed by atoms with Gasteiger partial charge in [0.25, 0.3) is 5.56 Å². The molecule has 0 spiro atoms. The van der Waals surface area contributed by atoms with Gasteiger partial charge in [-0.2, -0.15) is 14.4 Å². The molecular formula is C27H21N7O2. The molecule has 3 aromatic carbocycles. The smallest absolute Gasteiger partial charge is 0.282 e. The second kappa shape index (κ2) is 8.95. The number of hydrogen-bond acceptors (Lipinski definition) is 6. The highest BCUT2D eigenvalue weighted by molar-refractivity contribution is 5.91. The van der Waals surface area contributed by atoms with Crippen LogP contribution in [0.15, 0.2) is 96.1 Å². The maximum atomic E-state index is 14.0. The average Bonchev–Trinajstić information content (AvgIpc) is 3.58. The molecule has 3 aromatic heterocycles. The molecule has 0 bridgehead atoms. The predicted molar refractivity (Wildman–Crippen MR) is 136 cm³/mol. The van der Waals surface area contributed by atoms with Crippen LogP contribution in [-0.4, -0.2) is 41.9 Å². The van der Waals surface area contributed by atoms with Crippen LogP contribution in [0.1, 0.15) is 5.69 Å². The van der Waals surface area contributed by atoms with E-state index in [0.29, 0.717) is 28.3 Å². The van der Waals surface area contributed by atoms with Gasteiger partial charge in [0, 0.05) is 5.56 Å². The Kier molecular flexibility index (Phi) is 5.34. The number of aromatic nitrogens is 7. The fourth-order valence-corrected chi connectivity index (χ4v) is 4.37. The molecule has 36 heavy (non-hydrogen) atoms. The van der Waals surface area contributed by atoms with Crippen molar-refractivity contribution in [3.05, 3.63) is 107 Å². The molecule has 0 aliphatic rings. The number of hydrogen-bond donors (Lipinski definition) is 1. The Labute approximate surface area is 205 Å². The second-order valence-electron chi connectivity index (χ2n) is 8.19. The Morgan fingerprint density at radius 2 is 1.50 bits per heavy atom. The Hall–Kier alpha value is -5.05. The number of nitrogens with one attached hydrogen (secondary N) is 1. The lowest BCUT2D eigenvalue weighted by molar-refractivity contribution is 0.415. The van der Waals surface area contributed by atoms with E-state index in [9.17, 15) is 4.79 Å². The normalized spacial score (nSPS) is 11.1. The lowest BCUT2D eigenvalue weighted by Gasteiger charge is -2.11. The summed E-state index contributed by atoms with van der Waals surface area (Å²) in [5.41, 5.74) is 5.62. The van der Waals surface area contributed by atoms with Gasteiger partial charge in [-0.15, -0.1) is 10.2 Å². The van der Waals surface area contributed by atoms with Crippen molar-refractivity contribution in [2.45, 2.75) is 6.54 Å². The molecule has 0 unspecified atom stereocenters. The van der Waals surface area contributed by atoms with Gasteiger partial charge in [0.1, 0.15) is 23.6 Å². The van der Waals surface area contributed by atoms with Crippen LogP contribution in [0.3, 0.4) is 0 Å². The summed E-state index contributed by atoms with van der Waals surface area (Å²) in [5.74, 6) is 0.701. The number of rotatable bonds is 6. The number of methoxy groups -OCH3 is 1. The van der Waals surface area contributed by atoms with Gasteiger partial charge in [0.15, 0.2) is 6.33 Å². The van der Waals surface area contributed by atoms with Crippen LogP contribution in [0, 0.1) is 0 Å². The standard InChI is InChI=1S/C27H21N7O2/c1-36-21-14-12-19(13-15-21)23-22(16-33-29-17-28-32-33)30-26-24(18-8-4-2-5-9-18)25(31-34(26)27(23)35)20-10-6-3-7-11-20/h2-15,17,30H,16H2,1H3. The van der Waals surface area contributed by atoms with E-state index in [2.05, 4.69) is 20.4 Å². The summed E-state index contributed by atoms with van der Waals surface area (Å²) in [6.07, 6.45) is 1.37. The molecule has 0 saturated carbocycles. The zero-order valence-electron chi connectivity index (χ0n) is 19.4. The van der Waals surface area contributed by atoms with E-state index in [4.69, 9.17) is 9.84 Å². The molecule has 0 amide bonds. The molecule has 0 fully saturated rings. The minimum Gasteiger partial charge on any atom is -0.497 e. The van der Waals surface area contributed by atoms with E-state index in [0.717, 1.165) is 22.3 Å². The second-order valence-corrected chi connectivity index (χ2v) is 8.19. The van der Waals surface area contributed by atoms with Gasteiger partial charge >= 0.3 is 0 Å². The molecule has 0 aliphatic heterocycles. The van der Waals surface area contributed by atoms with Crippen LogP contribution in [0.25, 0.3) is 39.2 Å². The van der Waals surface area contributed by atoms with E-state index in [1.807, 2.05) is 84.9 Å². The van der Waals surface area contributed by atoms with Gasteiger partial charge in [-0.3, -0.25) is 4.79 Å². The molecule has 6 rings (SSSR count). The summed E-state index contributed by atoms with van der Waals surface area (Å²) in [5, 5.41) is 16.8. The van der Waals surface area contributed by atoms with Crippen LogP contribution in [0.5, 0.6) is 5.75 Å². The van der Waals surface area contributed by atoms with Crippen LogP contribution in [-0.2, 0) is 6.54 Å². The van der Waals surface area contributed by atoms with Gasteiger partial charge in [-0.1, -0.05) is 72.8 Å². The zero-order valence-corrected chi connectivity index (χ0v) is 19.4. The summed E-state index contributed by atoms with van der Waals surface area (Å²) < 4.78 is 6.75. The lowest BCUT2D eigenvalue weighted by Crippen LogP contribution is -2.22. The molecule has 9 heteroatoms. The third-order valence-electron chi connectivity index (χ3n) is 6.04. The predicted octanol–water partition coefficient (Wildman–Crippen LogP) is 4.07. The number of fused-ring (bicyclic) bond motifs is 1. The first-order chi connectivity index (χ1) is 17.7. The highest BCUT2D eigenvalue weighted by Crippen LogP contribution is 2.35. The molecule has 1 N–H and O–H groups in total. The van der Waals surface area contributed by atoms with Crippen molar-refractivity contribution in [1.29, 1.82) is 0 Å². The first kappa shape index (κ1) is 21.5. The van der Waals surface area contributed by atoms with Gasteiger partial charge in [0.2, 0.25) is 0 Å². The van der Waals surface area contributed by atoms with Crippen molar-refractivity contribution in [2.24, 2.45) is 0 Å². The molecule has 0 atom stereocenters. The summed E-state index contributed by atoms with van der Waals surface area (Å²) in [6.45, 7) is 0.229. The molecule has 0 saturated heterocycles. The SMILES string of the molecule is COc1ccc(-c2c(Cn3ncnn3)[nH]c3c(-c4ccccc4)c(-c4ccccc4)nn3c2=O)cc1. The van der Waals surface area contributed by atoms with E-state index >= 15 is 0 Å². The molecule has 176 valence electrons. The van der Waals surface area contributed by atoms with E-state index in [1.54, 1.807) is 7.11 Å². The van der Waals surface area contributed by atoms with Gasteiger partial charge in [-0.25, -0.2) is 0 Å². The van der Waals surface area contributed by atoms with Crippen molar-refractivity contribution >= 4 is 5.65 Å². The molecule has 3 heterocycles. The van der Waals surface area contributed by atoms with Gasteiger partial charge < -0.3 is 9.72 Å². The minimum atomic E-state index is -0.247. The quantitative estimate of drug-likeness (QED) is 0.390. The maximum absolute atomic E-state index is 14.0. The number of tetrazole rings is 1. The number of aromatic amines is 1. The number of H-pyrrole nitrogens is 1. The van der Waals surface area contributed by atoms with E-state index in [1.165, 1.54) is 15.6 Å². The molecule has 0 aliphatic carbocycles. The lowest BCUT2D eigenvalue weighted by atomic mass is 10.0. The first-order valence-electron chi connectivity index (χ1n) is 11.4.